The number of hydrogen-bond acceptors (Lipinski definition) is 5. The van der Waals surface area contributed by atoms with E-state index in [1.165, 1.54) is 11.8 Å². The topological polar surface area (TPSA) is 72.2 Å². The molecule has 0 unspecified atom stereocenters. The van der Waals surface area contributed by atoms with Crippen LogP contribution in [-0.2, 0) is 17.6 Å². The Hall–Kier alpha value is -2.90. The molecule has 0 atom stereocenters. The summed E-state index contributed by atoms with van der Waals surface area (Å²) >= 11 is 7.44. The van der Waals surface area contributed by atoms with Gasteiger partial charge in [0.25, 0.3) is 5.78 Å². The molecule has 6 nitrogen and oxygen atoms in total. The molecule has 0 bridgehead atoms. The molecule has 0 saturated heterocycles. The highest BCUT2D eigenvalue weighted by Gasteiger charge is 2.15. The smallest absolute Gasteiger partial charge is 0.253 e. The molecule has 0 saturated carbocycles. The van der Waals surface area contributed by atoms with Gasteiger partial charge in [-0.3, -0.25) is 4.79 Å². The lowest BCUT2D eigenvalue weighted by Gasteiger charge is -2.10. The van der Waals surface area contributed by atoms with E-state index in [9.17, 15) is 4.79 Å². The van der Waals surface area contributed by atoms with E-state index in [0.29, 0.717) is 22.4 Å². The van der Waals surface area contributed by atoms with E-state index >= 15 is 0 Å². The Morgan fingerprint density at radius 2 is 1.94 bits per heavy atom. The number of nitrogens with one attached hydrogen (secondary N) is 1. The van der Waals surface area contributed by atoms with Gasteiger partial charge < -0.3 is 5.32 Å². The number of thioether (sulfide) groups is 1. The number of halogens is 1. The molecule has 4 aromatic rings. The van der Waals surface area contributed by atoms with Crippen LogP contribution in [0, 0.1) is 13.8 Å². The SMILES string of the molecule is CCc1ccccc1NC(=O)CSc1nc2nc(C)c(Cc3cccc(Cl)c3)c(C)n2n1. The Labute approximate surface area is 196 Å². The fraction of sp³-hybridized carbons (Fsp3) is 0.250. The molecule has 2 aromatic heterocycles. The number of aromatic nitrogens is 4. The van der Waals surface area contributed by atoms with Gasteiger partial charge in [-0.15, -0.1) is 5.10 Å². The molecule has 4 rings (SSSR count). The molecule has 0 spiro atoms. The van der Waals surface area contributed by atoms with Crippen molar-refractivity contribution in [2.75, 3.05) is 11.1 Å². The van der Waals surface area contributed by atoms with Crippen LogP contribution in [0.3, 0.4) is 0 Å². The van der Waals surface area contributed by atoms with Gasteiger partial charge in [-0.1, -0.05) is 60.6 Å². The first kappa shape index (κ1) is 22.3. The number of nitrogens with zero attached hydrogens (tertiary/aromatic N) is 4. The third-order valence-electron chi connectivity index (χ3n) is 5.30. The minimum absolute atomic E-state index is 0.0859. The van der Waals surface area contributed by atoms with Gasteiger partial charge in [-0.05, 0) is 55.2 Å². The van der Waals surface area contributed by atoms with Crippen LogP contribution in [0.1, 0.15) is 35.0 Å². The summed E-state index contributed by atoms with van der Waals surface area (Å²) in [5, 5.41) is 8.80. The summed E-state index contributed by atoms with van der Waals surface area (Å²) in [7, 11) is 0. The number of rotatable bonds is 7. The van der Waals surface area contributed by atoms with Gasteiger partial charge in [0.15, 0.2) is 0 Å². The van der Waals surface area contributed by atoms with E-state index in [0.717, 1.165) is 40.2 Å². The third-order valence-corrected chi connectivity index (χ3v) is 6.38. The van der Waals surface area contributed by atoms with Crippen LogP contribution in [0.5, 0.6) is 0 Å². The van der Waals surface area contributed by atoms with Gasteiger partial charge in [-0.25, -0.2) is 9.50 Å². The minimum atomic E-state index is -0.0859. The van der Waals surface area contributed by atoms with Gasteiger partial charge in [0, 0.05) is 28.5 Å². The molecule has 0 radical (unpaired) electrons. The average molecular weight is 466 g/mol. The maximum Gasteiger partial charge on any atom is 0.253 e. The molecule has 0 aliphatic heterocycles. The lowest BCUT2D eigenvalue weighted by atomic mass is 10.0. The van der Waals surface area contributed by atoms with E-state index in [2.05, 4.69) is 27.3 Å². The Balaban J connectivity index is 1.50. The number of carbonyl (C=O) groups is 1. The van der Waals surface area contributed by atoms with Crippen molar-refractivity contribution in [3.63, 3.8) is 0 Å². The highest BCUT2D eigenvalue weighted by atomic mass is 35.5. The molecule has 1 amide bonds. The number of anilines is 1. The number of fused-ring (bicyclic) bond motifs is 1. The molecular formula is C24H24ClN5OS. The van der Waals surface area contributed by atoms with E-state index in [-0.39, 0.29) is 11.7 Å². The monoisotopic (exact) mass is 465 g/mol. The summed E-state index contributed by atoms with van der Waals surface area (Å²) in [6.07, 6.45) is 1.57. The van der Waals surface area contributed by atoms with Crippen molar-refractivity contribution in [3.8, 4) is 0 Å². The summed E-state index contributed by atoms with van der Waals surface area (Å²) < 4.78 is 1.75. The van der Waals surface area contributed by atoms with Crippen molar-refractivity contribution in [2.45, 2.75) is 38.8 Å². The fourth-order valence-corrected chi connectivity index (χ4v) is 4.46. The molecule has 0 aliphatic carbocycles. The predicted octanol–water partition coefficient (Wildman–Crippen LogP) is 5.28. The van der Waals surface area contributed by atoms with Crippen LogP contribution in [0.4, 0.5) is 5.69 Å². The lowest BCUT2D eigenvalue weighted by Crippen LogP contribution is -2.15. The van der Waals surface area contributed by atoms with Crippen molar-refractivity contribution >= 4 is 40.7 Å². The largest absolute Gasteiger partial charge is 0.325 e. The summed E-state index contributed by atoms with van der Waals surface area (Å²) in [6, 6.07) is 15.7. The average Bonchev–Trinajstić information content (AvgIpc) is 3.19. The first-order chi connectivity index (χ1) is 15.4. The quantitative estimate of drug-likeness (QED) is 0.376. The van der Waals surface area contributed by atoms with Gasteiger partial charge in [0.1, 0.15) is 0 Å². The van der Waals surface area contributed by atoms with Crippen molar-refractivity contribution < 1.29 is 4.79 Å². The molecule has 164 valence electrons. The number of hydrogen-bond donors (Lipinski definition) is 1. The van der Waals surface area contributed by atoms with Crippen molar-refractivity contribution in [1.82, 2.24) is 19.6 Å². The maximum absolute atomic E-state index is 12.5. The van der Waals surface area contributed by atoms with E-state index in [1.807, 2.05) is 62.4 Å². The molecule has 1 N–H and O–H groups in total. The normalized spacial score (nSPS) is 11.1. The standard InChI is InChI=1S/C24H24ClN5OS/c1-4-18-9-5-6-11-21(18)27-22(31)14-32-24-28-23-26-15(2)20(16(3)30(23)29-24)13-17-8-7-10-19(25)12-17/h5-12H,4,13-14H2,1-3H3,(H,27,31). The Morgan fingerprint density at radius 1 is 1.12 bits per heavy atom. The summed E-state index contributed by atoms with van der Waals surface area (Å²) in [4.78, 5) is 21.6. The van der Waals surface area contributed by atoms with Gasteiger partial charge in [-0.2, -0.15) is 4.98 Å². The second-order valence-corrected chi connectivity index (χ2v) is 8.90. The van der Waals surface area contributed by atoms with Crippen molar-refractivity contribution in [3.05, 3.63) is 81.6 Å². The summed E-state index contributed by atoms with van der Waals surface area (Å²) in [5.41, 5.74) is 6.06. The first-order valence-corrected chi connectivity index (χ1v) is 11.8. The molecule has 2 aromatic carbocycles. The number of para-hydroxylation sites is 1. The van der Waals surface area contributed by atoms with Gasteiger partial charge in [0.2, 0.25) is 11.1 Å². The van der Waals surface area contributed by atoms with Crippen molar-refractivity contribution in [1.29, 1.82) is 0 Å². The Bertz CT molecular complexity index is 1290. The summed E-state index contributed by atoms with van der Waals surface area (Å²) in [6.45, 7) is 6.06. The van der Waals surface area contributed by atoms with Crippen LogP contribution in [0.2, 0.25) is 5.02 Å². The highest BCUT2D eigenvalue weighted by molar-refractivity contribution is 7.99. The van der Waals surface area contributed by atoms with E-state index in [4.69, 9.17) is 11.6 Å². The van der Waals surface area contributed by atoms with Crippen LogP contribution in [0.25, 0.3) is 5.78 Å². The minimum Gasteiger partial charge on any atom is -0.325 e. The lowest BCUT2D eigenvalue weighted by molar-refractivity contribution is -0.113. The van der Waals surface area contributed by atoms with Crippen LogP contribution in [0.15, 0.2) is 53.7 Å². The van der Waals surface area contributed by atoms with Gasteiger partial charge >= 0.3 is 0 Å². The number of carbonyl (C=O) groups excluding carboxylic acids is 1. The number of amides is 1. The second kappa shape index (κ2) is 9.71. The van der Waals surface area contributed by atoms with Crippen LogP contribution >= 0.6 is 23.4 Å². The Kier molecular flexibility index (Phi) is 6.77. The highest BCUT2D eigenvalue weighted by Crippen LogP contribution is 2.22. The first-order valence-electron chi connectivity index (χ1n) is 10.4. The third kappa shape index (κ3) is 4.95. The number of aryl methyl sites for hydroxylation is 3. The summed E-state index contributed by atoms with van der Waals surface area (Å²) in [5.74, 6) is 0.675. The zero-order valence-electron chi connectivity index (χ0n) is 18.2. The van der Waals surface area contributed by atoms with Crippen molar-refractivity contribution in [2.24, 2.45) is 0 Å². The zero-order chi connectivity index (χ0) is 22.7. The molecule has 0 aliphatic rings. The number of benzene rings is 2. The molecule has 0 fully saturated rings. The maximum atomic E-state index is 12.5. The molecule has 2 heterocycles. The van der Waals surface area contributed by atoms with Crippen LogP contribution in [-0.4, -0.2) is 31.2 Å². The van der Waals surface area contributed by atoms with E-state index < -0.39 is 0 Å². The van der Waals surface area contributed by atoms with Gasteiger partial charge in [0.05, 0.1) is 5.75 Å². The molecule has 8 heteroatoms. The fourth-order valence-electron chi connectivity index (χ4n) is 3.62. The zero-order valence-corrected chi connectivity index (χ0v) is 19.8. The predicted molar refractivity (Wildman–Crippen MR) is 130 cm³/mol. The van der Waals surface area contributed by atoms with Crippen LogP contribution < -0.4 is 5.32 Å². The molecule has 32 heavy (non-hydrogen) atoms. The molecular weight excluding hydrogens is 442 g/mol. The van der Waals surface area contributed by atoms with E-state index in [1.54, 1.807) is 4.52 Å². The second-order valence-electron chi connectivity index (χ2n) is 7.52. The Morgan fingerprint density at radius 3 is 2.72 bits per heavy atom.